The zero-order valence-corrected chi connectivity index (χ0v) is 19.9. The van der Waals surface area contributed by atoms with Crippen molar-refractivity contribution in [2.24, 2.45) is 11.8 Å². The maximum Gasteiger partial charge on any atom is 0.327 e. The number of para-hydroxylation sites is 2. The lowest BCUT2D eigenvalue weighted by molar-refractivity contribution is -0.152. The molecule has 0 spiro atoms. The standard InChI is InChI=1S/C28H26N2O6/c1-35-21-11-7-6-10-20(21)24-22-23(26(33)30(25(22)32)18-8-4-3-5-9-18)28(29-24,27(34)36-2)16-17-12-14-19(31)15-13-17/h3-15,22-24,29,31H,16H2,1-2H3/t22-,23+,24+,28+/m1/s1. The molecule has 5 rings (SSSR count). The summed E-state index contributed by atoms with van der Waals surface area (Å²) in [5, 5.41) is 13.1. The van der Waals surface area contributed by atoms with Gasteiger partial charge in [0, 0.05) is 18.0 Å². The lowest BCUT2D eigenvalue weighted by Gasteiger charge is -2.33. The molecule has 36 heavy (non-hydrogen) atoms. The largest absolute Gasteiger partial charge is 0.508 e. The van der Waals surface area contributed by atoms with Gasteiger partial charge in [0.1, 0.15) is 17.0 Å². The van der Waals surface area contributed by atoms with Gasteiger partial charge < -0.3 is 14.6 Å². The summed E-state index contributed by atoms with van der Waals surface area (Å²) in [4.78, 5) is 42.6. The van der Waals surface area contributed by atoms with Crippen LogP contribution in [0.5, 0.6) is 11.5 Å². The number of ether oxygens (including phenoxy) is 2. The van der Waals surface area contributed by atoms with Gasteiger partial charge in [-0.1, -0.05) is 48.5 Å². The minimum atomic E-state index is -1.53. The number of hydrogen-bond donors (Lipinski definition) is 2. The van der Waals surface area contributed by atoms with Crippen LogP contribution in [-0.4, -0.2) is 42.6 Å². The summed E-state index contributed by atoms with van der Waals surface area (Å²) in [7, 11) is 2.80. The van der Waals surface area contributed by atoms with Gasteiger partial charge in [-0.2, -0.15) is 0 Å². The lowest BCUT2D eigenvalue weighted by Crippen LogP contribution is -2.57. The van der Waals surface area contributed by atoms with Crippen molar-refractivity contribution in [1.29, 1.82) is 0 Å². The van der Waals surface area contributed by atoms with Crippen LogP contribution in [-0.2, 0) is 25.5 Å². The van der Waals surface area contributed by atoms with Crippen molar-refractivity contribution in [3.05, 3.63) is 90.0 Å². The van der Waals surface area contributed by atoms with Crippen molar-refractivity contribution >= 4 is 23.5 Å². The van der Waals surface area contributed by atoms with Crippen LogP contribution in [0.1, 0.15) is 17.2 Å². The second kappa shape index (κ2) is 9.13. The second-order valence-electron chi connectivity index (χ2n) is 9.02. The number of esters is 1. The van der Waals surface area contributed by atoms with Gasteiger partial charge in [0.25, 0.3) is 0 Å². The number of benzene rings is 3. The van der Waals surface area contributed by atoms with Crippen molar-refractivity contribution in [2.75, 3.05) is 19.1 Å². The molecule has 0 saturated carbocycles. The summed E-state index contributed by atoms with van der Waals surface area (Å²) in [5.74, 6) is -2.78. The topological polar surface area (TPSA) is 105 Å². The fourth-order valence-electron chi connectivity index (χ4n) is 5.57. The molecule has 0 aromatic heterocycles. The molecule has 0 aliphatic carbocycles. The Morgan fingerprint density at radius 1 is 0.944 bits per heavy atom. The van der Waals surface area contributed by atoms with Gasteiger partial charge in [-0.3, -0.25) is 19.7 Å². The Hall–Kier alpha value is -4.17. The van der Waals surface area contributed by atoms with Crippen LogP contribution in [0, 0.1) is 11.8 Å². The number of nitrogens with one attached hydrogen (secondary N) is 1. The van der Waals surface area contributed by atoms with Gasteiger partial charge in [-0.05, 0) is 35.9 Å². The van der Waals surface area contributed by atoms with Gasteiger partial charge in [0.05, 0.1) is 31.7 Å². The minimum absolute atomic E-state index is 0.0778. The van der Waals surface area contributed by atoms with Gasteiger partial charge in [-0.15, -0.1) is 0 Å². The Morgan fingerprint density at radius 2 is 1.61 bits per heavy atom. The third-order valence-electron chi connectivity index (χ3n) is 7.11. The van der Waals surface area contributed by atoms with Crippen LogP contribution in [0.3, 0.4) is 0 Å². The van der Waals surface area contributed by atoms with Crippen LogP contribution in [0.2, 0.25) is 0 Å². The van der Waals surface area contributed by atoms with E-state index in [-0.39, 0.29) is 12.2 Å². The van der Waals surface area contributed by atoms with E-state index in [1.54, 1.807) is 48.5 Å². The van der Waals surface area contributed by atoms with Crippen LogP contribution in [0.4, 0.5) is 5.69 Å². The van der Waals surface area contributed by atoms with Crippen molar-refractivity contribution in [3.8, 4) is 11.5 Å². The number of fused-ring (bicyclic) bond motifs is 1. The number of rotatable bonds is 6. The highest BCUT2D eigenvalue weighted by atomic mass is 16.5. The Labute approximate surface area is 208 Å². The number of hydrogen-bond acceptors (Lipinski definition) is 7. The molecule has 184 valence electrons. The maximum atomic E-state index is 14.0. The van der Waals surface area contributed by atoms with E-state index < -0.39 is 41.2 Å². The van der Waals surface area contributed by atoms with E-state index in [1.165, 1.54) is 31.3 Å². The Kier molecular flexibility index (Phi) is 5.97. The zero-order chi connectivity index (χ0) is 25.4. The predicted molar refractivity (Wildman–Crippen MR) is 131 cm³/mol. The van der Waals surface area contributed by atoms with Crippen LogP contribution >= 0.6 is 0 Å². The third kappa shape index (κ3) is 3.61. The highest BCUT2D eigenvalue weighted by Gasteiger charge is 2.69. The van der Waals surface area contributed by atoms with E-state index in [4.69, 9.17) is 9.47 Å². The normalized spacial score (nSPS) is 25.1. The van der Waals surface area contributed by atoms with Crippen molar-refractivity contribution in [1.82, 2.24) is 5.32 Å². The van der Waals surface area contributed by atoms with E-state index in [0.717, 1.165) is 0 Å². The molecule has 2 fully saturated rings. The van der Waals surface area contributed by atoms with Crippen LogP contribution in [0.15, 0.2) is 78.9 Å². The molecule has 2 aliphatic heterocycles. The average molecular weight is 487 g/mol. The average Bonchev–Trinajstić information content (AvgIpc) is 3.39. The minimum Gasteiger partial charge on any atom is -0.508 e. The fraction of sp³-hybridized carbons (Fsp3) is 0.250. The molecule has 3 aromatic carbocycles. The van der Waals surface area contributed by atoms with Gasteiger partial charge >= 0.3 is 5.97 Å². The lowest BCUT2D eigenvalue weighted by atomic mass is 9.76. The molecule has 8 heteroatoms. The van der Waals surface area contributed by atoms with E-state index >= 15 is 0 Å². The Bertz CT molecular complexity index is 1310. The van der Waals surface area contributed by atoms with Crippen molar-refractivity contribution in [2.45, 2.75) is 18.0 Å². The monoisotopic (exact) mass is 486 g/mol. The Morgan fingerprint density at radius 3 is 2.28 bits per heavy atom. The number of methoxy groups -OCH3 is 2. The van der Waals surface area contributed by atoms with E-state index in [0.29, 0.717) is 22.6 Å². The molecule has 2 N–H and O–H groups in total. The van der Waals surface area contributed by atoms with E-state index in [2.05, 4.69) is 5.32 Å². The molecule has 0 radical (unpaired) electrons. The number of imide groups is 1. The number of carbonyl (C=O) groups excluding carboxylic acids is 3. The number of amides is 2. The predicted octanol–water partition coefficient (Wildman–Crippen LogP) is 3.01. The van der Waals surface area contributed by atoms with Gasteiger partial charge in [0.2, 0.25) is 11.8 Å². The first kappa shape index (κ1) is 23.6. The number of phenols is 1. The molecule has 2 saturated heterocycles. The first-order chi connectivity index (χ1) is 17.4. The van der Waals surface area contributed by atoms with Crippen LogP contribution < -0.4 is 15.0 Å². The summed E-state index contributed by atoms with van der Waals surface area (Å²) in [6, 6.07) is 21.7. The van der Waals surface area contributed by atoms with Gasteiger partial charge in [-0.25, -0.2) is 4.90 Å². The number of carbonyl (C=O) groups is 3. The second-order valence-corrected chi connectivity index (χ2v) is 9.02. The summed E-state index contributed by atoms with van der Waals surface area (Å²) in [5.41, 5.74) is 0.285. The summed E-state index contributed by atoms with van der Waals surface area (Å²) < 4.78 is 10.8. The summed E-state index contributed by atoms with van der Waals surface area (Å²) in [6.45, 7) is 0. The molecule has 4 atom stereocenters. The first-order valence-corrected chi connectivity index (χ1v) is 11.6. The fourth-order valence-corrected chi connectivity index (χ4v) is 5.57. The smallest absolute Gasteiger partial charge is 0.327 e. The maximum absolute atomic E-state index is 14.0. The number of phenolic OH excluding ortho intramolecular Hbond substituents is 1. The van der Waals surface area contributed by atoms with Crippen LogP contribution in [0.25, 0.3) is 0 Å². The molecular formula is C28H26N2O6. The molecular weight excluding hydrogens is 460 g/mol. The molecule has 0 unspecified atom stereocenters. The molecule has 2 aliphatic rings. The van der Waals surface area contributed by atoms with Crippen molar-refractivity contribution in [3.63, 3.8) is 0 Å². The number of aromatic hydroxyl groups is 1. The molecule has 2 heterocycles. The number of nitrogens with zero attached hydrogens (tertiary/aromatic N) is 1. The molecule has 3 aromatic rings. The van der Waals surface area contributed by atoms with Gasteiger partial charge in [0.15, 0.2) is 0 Å². The molecule has 2 amide bonds. The van der Waals surface area contributed by atoms with E-state index in [9.17, 15) is 19.5 Å². The SMILES string of the molecule is COC(=O)[C@@]1(Cc2ccc(O)cc2)N[C@@H](c2ccccc2OC)[C@@H]2C(=O)N(c3ccccc3)C(=O)[C@H]21. The molecule has 8 nitrogen and oxygen atoms in total. The van der Waals surface area contributed by atoms with Crippen molar-refractivity contribution < 1.29 is 29.0 Å². The quantitative estimate of drug-likeness (QED) is 0.408. The third-order valence-corrected chi connectivity index (χ3v) is 7.11. The highest BCUT2D eigenvalue weighted by molar-refractivity contribution is 6.24. The zero-order valence-electron chi connectivity index (χ0n) is 19.9. The summed E-state index contributed by atoms with van der Waals surface area (Å²) in [6.07, 6.45) is 0.0778. The molecule has 0 bridgehead atoms. The number of anilines is 1. The Balaban J connectivity index is 1.69. The van der Waals surface area contributed by atoms with E-state index in [1.807, 2.05) is 18.2 Å². The highest BCUT2D eigenvalue weighted by Crippen LogP contribution is 2.52. The summed E-state index contributed by atoms with van der Waals surface area (Å²) >= 11 is 0. The first-order valence-electron chi connectivity index (χ1n) is 11.6.